The Bertz CT molecular complexity index is 1550. The fraction of sp³-hybridized carbons (Fsp3) is 0.0882. The summed E-state index contributed by atoms with van der Waals surface area (Å²) in [6.07, 6.45) is 1.97. The lowest BCUT2D eigenvalue weighted by Crippen LogP contribution is -2.37. The second-order valence-electron chi connectivity index (χ2n) is 9.19. The molecule has 1 heterocycles. The predicted octanol–water partition coefficient (Wildman–Crippen LogP) is 8.16. The molecule has 6 aromatic rings. The Morgan fingerprint density at radius 3 is 1.79 bits per heavy atom. The van der Waals surface area contributed by atoms with Crippen molar-refractivity contribution in [2.75, 3.05) is 12.5 Å². The molecule has 0 N–H and O–H groups in total. The first kappa shape index (κ1) is 24.0. The lowest BCUT2D eigenvalue weighted by molar-refractivity contribution is 0.343. The van der Waals surface area contributed by atoms with Crippen molar-refractivity contribution in [3.63, 3.8) is 0 Å². The van der Waals surface area contributed by atoms with Crippen molar-refractivity contribution in [2.45, 2.75) is 5.54 Å². The number of benzene rings is 5. The molecule has 6 rings (SSSR count). The molecule has 0 saturated carbocycles. The van der Waals surface area contributed by atoms with Gasteiger partial charge in [0.25, 0.3) is 0 Å². The largest absolute Gasteiger partial charge is 0.492 e. The van der Waals surface area contributed by atoms with Gasteiger partial charge in [-0.1, -0.05) is 109 Å². The molecule has 0 aliphatic carbocycles. The van der Waals surface area contributed by atoms with Crippen LogP contribution in [0.2, 0.25) is 0 Å². The van der Waals surface area contributed by atoms with Gasteiger partial charge in [0.2, 0.25) is 0 Å². The molecule has 4 heteroatoms. The Kier molecular flexibility index (Phi) is 6.68. The van der Waals surface area contributed by atoms with E-state index < -0.39 is 5.54 Å². The Balaban J connectivity index is 1.62. The van der Waals surface area contributed by atoms with Gasteiger partial charge in [-0.3, -0.25) is 0 Å². The van der Waals surface area contributed by atoms with Crippen LogP contribution in [0.5, 0.6) is 5.75 Å². The van der Waals surface area contributed by atoms with Crippen LogP contribution in [0, 0.1) is 0 Å². The number of halogens is 1. The van der Waals surface area contributed by atoms with Gasteiger partial charge in [0, 0.05) is 0 Å². The zero-order chi connectivity index (χ0) is 25.8. The molecular weight excluding hydrogens is 488 g/mol. The number of ether oxygens (including phenoxy) is 1. The highest BCUT2D eigenvalue weighted by Crippen LogP contribution is 2.43. The van der Waals surface area contributed by atoms with Crippen LogP contribution in [-0.4, -0.2) is 22.0 Å². The molecule has 38 heavy (non-hydrogen) atoms. The zero-order valence-electron chi connectivity index (χ0n) is 20.9. The van der Waals surface area contributed by atoms with Crippen molar-refractivity contribution in [2.24, 2.45) is 0 Å². The molecule has 186 valence electrons. The van der Waals surface area contributed by atoms with E-state index in [0.29, 0.717) is 12.5 Å². The summed E-state index contributed by atoms with van der Waals surface area (Å²) in [5, 5.41) is 0. The quantitative estimate of drug-likeness (QED) is 0.151. The van der Waals surface area contributed by atoms with E-state index in [4.69, 9.17) is 21.3 Å². The van der Waals surface area contributed by atoms with Crippen molar-refractivity contribution >= 4 is 22.6 Å². The summed E-state index contributed by atoms with van der Waals surface area (Å²) in [6, 6.07) is 46.6. The molecular formula is C34H27ClN2O. The fourth-order valence-corrected chi connectivity index (χ4v) is 5.41. The zero-order valence-corrected chi connectivity index (χ0v) is 21.6. The molecule has 0 radical (unpaired) electrons. The summed E-state index contributed by atoms with van der Waals surface area (Å²) in [5.41, 5.74) is 7.04. The lowest BCUT2D eigenvalue weighted by Gasteiger charge is -2.38. The monoisotopic (exact) mass is 514 g/mol. The summed E-state index contributed by atoms with van der Waals surface area (Å²) < 4.78 is 8.11. The highest BCUT2D eigenvalue weighted by atomic mass is 35.5. The Morgan fingerprint density at radius 2 is 1.21 bits per heavy atom. The number of aromatic nitrogens is 2. The van der Waals surface area contributed by atoms with Gasteiger partial charge in [-0.15, -0.1) is 11.6 Å². The van der Waals surface area contributed by atoms with Gasteiger partial charge in [0.05, 0.1) is 23.2 Å². The molecule has 0 aliphatic rings. The van der Waals surface area contributed by atoms with E-state index in [9.17, 15) is 0 Å². The van der Waals surface area contributed by atoms with Gasteiger partial charge in [0.1, 0.15) is 17.9 Å². The second kappa shape index (κ2) is 10.6. The molecule has 0 unspecified atom stereocenters. The first-order chi connectivity index (χ1) is 18.8. The van der Waals surface area contributed by atoms with Crippen molar-refractivity contribution in [1.29, 1.82) is 0 Å². The first-order valence-corrected chi connectivity index (χ1v) is 13.3. The number of fused-ring (bicyclic) bond motifs is 1. The summed E-state index contributed by atoms with van der Waals surface area (Å²) >= 11 is 5.84. The molecule has 0 aliphatic heterocycles. The molecule has 0 spiro atoms. The number of imidazole rings is 1. The van der Waals surface area contributed by atoms with E-state index >= 15 is 0 Å². The molecule has 3 nitrogen and oxygen atoms in total. The van der Waals surface area contributed by atoms with Gasteiger partial charge in [-0.05, 0) is 52.1 Å². The van der Waals surface area contributed by atoms with Crippen molar-refractivity contribution in [3.05, 3.63) is 156 Å². The highest BCUT2D eigenvalue weighted by Gasteiger charge is 2.39. The van der Waals surface area contributed by atoms with E-state index in [2.05, 4.69) is 126 Å². The standard InChI is InChI=1S/C34H27ClN2O/c35-21-22-38-31-18-10-11-26(23-31)27-19-20-32-33(24-27)37(25-36-32)34(28-12-4-1-5-13-28,29-14-6-2-7-15-29)30-16-8-3-9-17-30/h1-20,23-25H,21-22H2. The Morgan fingerprint density at radius 1 is 0.632 bits per heavy atom. The van der Waals surface area contributed by atoms with Gasteiger partial charge >= 0.3 is 0 Å². The third-order valence-electron chi connectivity index (χ3n) is 7.00. The Hall–Kier alpha value is -4.34. The molecule has 5 aromatic carbocycles. The molecule has 0 amide bonds. The van der Waals surface area contributed by atoms with Gasteiger partial charge in [0.15, 0.2) is 0 Å². The van der Waals surface area contributed by atoms with Crippen LogP contribution in [0.3, 0.4) is 0 Å². The average Bonchev–Trinajstić information content (AvgIpc) is 3.42. The summed E-state index contributed by atoms with van der Waals surface area (Å²) in [5.74, 6) is 1.26. The average molecular weight is 515 g/mol. The number of nitrogens with zero attached hydrogens (tertiary/aromatic N) is 2. The predicted molar refractivity (Wildman–Crippen MR) is 156 cm³/mol. The summed E-state index contributed by atoms with van der Waals surface area (Å²) in [4.78, 5) is 4.88. The number of hydrogen-bond acceptors (Lipinski definition) is 2. The van der Waals surface area contributed by atoms with Crippen LogP contribution in [0.1, 0.15) is 16.7 Å². The van der Waals surface area contributed by atoms with Crippen LogP contribution >= 0.6 is 11.6 Å². The highest BCUT2D eigenvalue weighted by molar-refractivity contribution is 6.18. The number of rotatable bonds is 8. The van der Waals surface area contributed by atoms with E-state index in [-0.39, 0.29) is 0 Å². The molecule has 0 atom stereocenters. The van der Waals surface area contributed by atoms with E-state index in [1.807, 2.05) is 18.5 Å². The molecule has 0 bridgehead atoms. The topological polar surface area (TPSA) is 27.1 Å². The summed E-state index contributed by atoms with van der Waals surface area (Å²) in [6.45, 7) is 0.477. The van der Waals surface area contributed by atoms with Crippen LogP contribution in [0.25, 0.3) is 22.2 Å². The lowest BCUT2D eigenvalue weighted by atomic mass is 9.76. The smallest absolute Gasteiger partial charge is 0.122 e. The number of hydrogen-bond donors (Lipinski definition) is 0. The van der Waals surface area contributed by atoms with E-state index in [1.54, 1.807) is 0 Å². The van der Waals surface area contributed by atoms with E-state index in [0.717, 1.165) is 27.9 Å². The van der Waals surface area contributed by atoms with Gasteiger partial charge in [-0.2, -0.15) is 0 Å². The van der Waals surface area contributed by atoms with Gasteiger partial charge in [-0.25, -0.2) is 4.98 Å². The van der Waals surface area contributed by atoms with Gasteiger partial charge < -0.3 is 9.30 Å². The molecule has 0 saturated heterocycles. The van der Waals surface area contributed by atoms with E-state index in [1.165, 1.54) is 16.7 Å². The van der Waals surface area contributed by atoms with Crippen molar-refractivity contribution in [1.82, 2.24) is 9.55 Å². The maximum atomic E-state index is 5.84. The van der Waals surface area contributed by atoms with Crippen molar-refractivity contribution < 1.29 is 4.74 Å². The maximum absolute atomic E-state index is 5.84. The molecule has 1 aromatic heterocycles. The normalized spacial score (nSPS) is 11.5. The summed E-state index contributed by atoms with van der Waals surface area (Å²) in [7, 11) is 0. The SMILES string of the molecule is ClCCOc1cccc(-c2ccc3ncn(C(c4ccccc4)(c4ccccc4)c4ccccc4)c3c2)c1. The van der Waals surface area contributed by atoms with Crippen LogP contribution in [-0.2, 0) is 5.54 Å². The third kappa shape index (κ3) is 4.25. The maximum Gasteiger partial charge on any atom is 0.122 e. The van der Waals surface area contributed by atoms with Crippen molar-refractivity contribution in [3.8, 4) is 16.9 Å². The fourth-order valence-electron chi connectivity index (χ4n) is 5.33. The van der Waals surface area contributed by atoms with Crippen LogP contribution < -0.4 is 4.74 Å². The minimum Gasteiger partial charge on any atom is -0.492 e. The Labute approximate surface area is 227 Å². The molecule has 0 fully saturated rings. The first-order valence-electron chi connectivity index (χ1n) is 12.7. The second-order valence-corrected chi connectivity index (χ2v) is 9.57. The third-order valence-corrected chi connectivity index (χ3v) is 7.15. The van der Waals surface area contributed by atoms with Crippen LogP contribution in [0.15, 0.2) is 140 Å². The minimum atomic E-state index is -0.623. The minimum absolute atomic E-state index is 0.454. The van der Waals surface area contributed by atoms with Crippen LogP contribution in [0.4, 0.5) is 0 Å². The number of alkyl halides is 1.